The fraction of sp³-hybridized carbons (Fsp3) is 0.308. The van der Waals surface area contributed by atoms with Crippen LogP contribution in [0.25, 0.3) is 5.82 Å². The first-order chi connectivity index (χ1) is 11.3. The average molecular weight is 342 g/mol. The van der Waals surface area contributed by atoms with Gasteiger partial charge in [-0.05, 0) is 19.1 Å². The molecule has 2 N–H and O–H groups in total. The molecular weight excluding hydrogens is 329 g/mol. The molecule has 2 amide bonds. The normalized spacial score (nSPS) is 12.5. The molecule has 0 aromatic carbocycles. The van der Waals surface area contributed by atoms with Gasteiger partial charge in [0.2, 0.25) is 5.91 Å². The number of hydrogen-bond donors (Lipinski definition) is 2. The molecule has 0 aliphatic heterocycles. The Labute approximate surface area is 134 Å². The number of pyridine rings is 1. The Bertz CT molecular complexity index is 717. The lowest BCUT2D eigenvalue weighted by molar-refractivity contribution is -0.139. The molecule has 8 nitrogen and oxygen atoms in total. The van der Waals surface area contributed by atoms with Gasteiger partial charge in [-0.3, -0.25) is 9.59 Å². The fourth-order valence-corrected chi connectivity index (χ4v) is 1.70. The van der Waals surface area contributed by atoms with Crippen molar-refractivity contribution < 1.29 is 22.8 Å². The van der Waals surface area contributed by atoms with Gasteiger partial charge in [0.15, 0.2) is 5.82 Å². The molecule has 0 fully saturated rings. The zero-order valence-corrected chi connectivity index (χ0v) is 12.4. The van der Waals surface area contributed by atoms with E-state index in [1.807, 2.05) is 0 Å². The summed E-state index contributed by atoms with van der Waals surface area (Å²) in [5, 5.41) is 7.88. The van der Waals surface area contributed by atoms with Crippen LogP contribution in [0, 0.1) is 0 Å². The van der Waals surface area contributed by atoms with Gasteiger partial charge in [-0.1, -0.05) is 0 Å². The molecule has 2 rings (SSSR count). The summed E-state index contributed by atoms with van der Waals surface area (Å²) in [7, 11) is 0. The molecule has 2 heterocycles. The summed E-state index contributed by atoms with van der Waals surface area (Å²) >= 11 is 0. The van der Waals surface area contributed by atoms with Crippen LogP contribution in [0.5, 0.6) is 0 Å². The molecule has 0 bridgehead atoms. The SMILES string of the molecule is C[C@@H](NC(=O)c1ccnc(-n2cncn2)c1)C(=O)NCC(F)(F)F. The van der Waals surface area contributed by atoms with Gasteiger partial charge < -0.3 is 10.6 Å². The summed E-state index contributed by atoms with van der Waals surface area (Å²) in [6.45, 7) is -0.180. The molecular formula is C13H13F3N6O2. The highest BCUT2D eigenvalue weighted by atomic mass is 19.4. The Hall–Kier alpha value is -2.98. The van der Waals surface area contributed by atoms with Crippen molar-refractivity contribution in [3.8, 4) is 5.82 Å². The van der Waals surface area contributed by atoms with Gasteiger partial charge in [0.25, 0.3) is 5.91 Å². The smallest absolute Gasteiger partial charge is 0.345 e. The number of rotatable bonds is 5. The summed E-state index contributed by atoms with van der Waals surface area (Å²) in [5.41, 5.74) is 0.172. The van der Waals surface area contributed by atoms with Crippen molar-refractivity contribution in [2.75, 3.05) is 6.54 Å². The molecule has 0 saturated carbocycles. The van der Waals surface area contributed by atoms with Crippen molar-refractivity contribution >= 4 is 11.8 Å². The minimum absolute atomic E-state index is 0.172. The van der Waals surface area contributed by atoms with Crippen LogP contribution in [0.2, 0.25) is 0 Å². The molecule has 0 aliphatic rings. The van der Waals surface area contributed by atoms with Crippen molar-refractivity contribution in [1.82, 2.24) is 30.4 Å². The molecule has 24 heavy (non-hydrogen) atoms. The minimum atomic E-state index is -4.52. The Morgan fingerprint density at radius 1 is 1.38 bits per heavy atom. The predicted octanol–water partition coefficient (Wildman–Crippen LogP) is 0.459. The summed E-state index contributed by atoms with van der Waals surface area (Å²) in [4.78, 5) is 31.4. The lowest BCUT2D eigenvalue weighted by Crippen LogP contribution is -2.47. The van der Waals surface area contributed by atoms with Crippen LogP contribution in [0.15, 0.2) is 31.0 Å². The molecule has 2 aromatic heterocycles. The van der Waals surface area contributed by atoms with E-state index in [9.17, 15) is 22.8 Å². The highest BCUT2D eigenvalue weighted by molar-refractivity contribution is 5.97. The van der Waals surface area contributed by atoms with Crippen molar-refractivity contribution in [2.24, 2.45) is 0 Å². The second-order valence-corrected chi connectivity index (χ2v) is 4.77. The summed E-state index contributed by atoms with van der Waals surface area (Å²) in [5.74, 6) is -1.24. The highest BCUT2D eigenvalue weighted by Crippen LogP contribution is 2.12. The fourth-order valence-electron chi connectivity index (χ4n) is 1.70. The molecule has 0 saturated heterocycles. The van der Waals surface area contributed by atoms with E-state index >= 15 is 0 Å². The van der Waals surface area contributed by atoms with E-state index in [1.165, 1.54) is 42.6 Å². The molecule has 1 atom stereocenters. The van der Waals surface area contributed by atoms with Gasteiger partial charge in [0, 0.05) is 11.8 Å². The number of aromatic nitrogens is 4. The molecule has 2 aromatic rings. The third kappa shape index (κ3) is 4.76. The van der Waals surface area contributed by atoms with E-state index in [-0.39, 0.29) is 5.56 Å². The van der Waals surface area contributed by atoms with Crippen molar-refractivity contribution in [1.29, 1.82) is 0 Å². The maximum atomic E-state index is 12.1. The third-order valence-corrected chi connectivity index (χ3v) is 2.87. The second kappa shape index (κ2) is 7.06. The van der Waals surface area contributed by atoms with Crippen LogP contribution in [0.3, 0.4) is 0 Å². The highest BCUT2D eigenvalue weighted by Gasteiger charge is 2.29. The monoisotopic (exact) mass is 342 g/mol. The Balaban J connectivity index is 1.99. The van der Waals surface area contributed by atoms with Gasteiger partial charge in [-0.2, -0.15) is 18.3 Å². The molecule has 11 heteroatoms. The lowest BCUT2D eigenvalue weighted by Gasteiger charge is -2.15. The van der Waals surface area contributed by atoms with E-state index in [0.717, 1.165) is 0 Å². The number of alkyl halides is 3. The van der Waals surface area contributed by atoms with Crippen LogP contribution in [-0.2, 0) is 4.79 Å². The van der Waals surface area contributed by atoms with E-state index in [0.29, 0.717) is 5.82 Å². The summed E-state index contributed by atoms with van der Waals surface area (Å²) in [6, 6.07) is 1.67. The first-order valence-corrected chi connectivity index (χ1v) is 6.72. The largest absolute Gasteiger partial charge is 0.405 e. The van der Waals surface area contributed by atoms with E-state index in [4.69, 9.17) is 0 Å². The molecule has 128 valence electrons. The predicted molar refractivity (Wildman–Crippen MR) is 75.1 cm³/mol. The number of halogens is 3. The van der Waals surface area contributed by atoms with Gasteiger partial charge >= 0.3 is 6.18 Å². The number of nitrogens with zero attached hydrogens (tertiary/aromatic N) is 4. The molecule has 0 unspecified atom stereocenters. The Morgan fingerprint density at radius 3 is 2.75 bits per heavy atom. The Kier molecular flexibility index (Phi) is 5.11. The molecule has 0 aliphatic carbocycles. The van der Waals surface area contributed by atoms with Crippen molar-refractivity contribution in [3.05, 3.63) is 36.5 Å². The van der Waals surface area contributed by atoms with Gasteiger partial charge in [-0.25, -0.2) is 14.6 Å². The zero-order valence-electron chi connectivity index (χ0n) is 12.4. The number of nitrogens with one attached hydrogen (secondary N) is 2. The van der Waals surface area contributed by atoms with Gasteiger partial charge in [0.05, 0.1) is 0 Å². The maximum absolute atomic E-state index is 12.1. The van der Waals surface area contributed by atoms with Crippen LogP contribution >= 0.6 is 0 Å². The van der Waals surface area contributed by atoms with E-state index in [2.05, 4.69) is 20.4 Å². The van der Waals surface area contributed by atoms with Crippen LogP contribution in [-0.4, -0.2) is 50.3 Å². The number of hydrogen-bond acceptors (Lipinski definition) is 5. The minimum Gasteiger partial charge on any atom is -0.345 e. The molecule has 0 radical (unpaired) electrons. The zero-order chi connectivity index (χ0) is 17.7. The quantitative estimate of drug-likeness (QED) is 0.822. The number of amides is 2. The van der Waals surface area contributed by atoms with Gasteiger partial charge in [0.1, 0.15) is 25.2 Å². The second-order valence-electron chi connectivity index (χ2n) is 4.77. The van der Waals surface area contributed by atoms with Gasteiger partial charge in [-0.15, -0.1) is 0 Å². The van der Waals surface area contributed by atoms with Crippen LogP contribution < -0.4 is 10.6 Å². The van der Waals surface area contributed by atoms with E-state index < -0.39 is 30.6 Å². The average Bonchev–Trinajstić information content (AvgIpc) is 3.06. The summed E-state index contributed by atoms with van der Waals surface area (Å²) in [6.07, 6.45) is -0.476. The topological polar surface area (TPSA) is 102 Å². The first kappa shape index (κ1) is 17.4. The third-order valence-electron chi connectivity index (χ3n) is 2.87. The standard InChI is InChI=1S/C13H13F3N6O2/c1-8(11(23)19-5-13(14,15)16)21-12(24)9-2-3-18-10(4-9)22-7-17-6-20-22/h2-4,6-8H,5H2,1H3,(H,19,23)(H,21,24)/t8-/m1/s1. The lowest BCUT2D eigenvalue weighted by atomic mass is 10.2. The molecule has 0 spiro atoms. The van der Waals surface area contributed by atoms with Crippen LogP contribution in [0.1, 0.15) is 17.3 Å². The summed E-state index contributed by atoms with van der Waals surface area (Å²) < 4.78 is 37.5. The maximum Gasteiger partial charge on any atom is 0.405 e. The van der Waals surface area contributed by atoms with Crippen molar-refractivity contribution in [3.63, 3.8) is 0 Å². The number of carbonyl (C=O) groups is 2. The van der Waals surface area contributed by atoms with Crippen molar-refractivity contribution in [2.45, 2.75) is 19.1 Å². The Morgan fingerprint density at radius 2 is 2.12 bits per heavy atom. The van der Waals surface area contributed by atoms with E-state index in [1.54, 1.807) is 5.32 Å². The number of carbonyl (C=O) groups excluding carboxylic acids is 2. The first-order valence-electron chi connectivity index (χ1n) is 6.72. The van der Waals surface area contributed by atoms with Crippen LogP contribution in [0.4, 0.5) is 13.2 Å².